The van der Waals surface area contributed by atoms with Crippen LogP contribution in [0.25, 0.3) is 16.8 Å². The highest BCUT2D eigenvalue weighted by Gasteiger charge is 2.34. The van der Waals surface area contributed by atoms with Crippen LogP contribution in [-0.4, -0.2) is 37.1 Å². The minimum Gasteiger partial charge on any atom is -0.507 e. The molecule has 3 rings (SSSR count). The van der Waals surface area contributed by atoms with Gasteiger partial charge in [0.25, 0.3) is 5.91 Å². The van der Waals surface area contributed by atoms with E-state index in [2.05, 4.69) is 0 Å². The van der Waals surface area contributed by atoms with Crippen LogP contribution in [0, 0.1) is 0 Å². The summed E-state index contributed by atoms with van der Waals surface area (Å²) in [5.74, 6) is -1.62. The predicted molar refractivity (Wildman–Crippen MR) is 95.9 cm³/mol. The van der Waals surface area contributed by atoms with Crippen molar-refractivity contribution in [3.63, 3.8) is 0 Å². The number of benzene rings is 2. The molecule has 1 fully saturated rings. The van der Waals surface area contributed by atoms with Gasteiger partial charge in [0, 0.05) is 17.9 Å². The molecule has 1 aliphatic rings. The monoisotopic (exact) mass is 376 g/mol. The van der Waals surface area contributed by atoms with E-state index in [0.29, 0.717) is 17.2 Å². The summed E-state index contributed by atoms with van der Waals surface area (Å²) in [6.07, 6.45) is 3.90. The largest absolute Gasteiger partial charge is 0.507 e. The lowest BCUT2D eigenvalue weighted by molar-refractivity contribution is -0.136. The number of phenolic OH excluding ortho intramolecular Hbond substituents is 1. The maximum atomic E-state index is 12.0. The number of carbonyl (C=O) groups is 2. The molecular formula is C17H16N2O6S. The number of fused-ring (bicyclic) bond motifs is 1. The second-order valence-electron chi connectivity index (χ2n) is 5.82. The van der Waals surface area contributed by atoms with Crippen LogP contribution < -0.4 is 9.03 Å². The van der Waals surface area contributed by atoms with Crippen LogP contribution in [-0.2, 0) is 19.8 Å². The van der Waals surface area contributed by atoms with Gasteiger partial charge in [-0.25, -0.2) is 9.03 Å². The van der Waals surface area contributed by atoms with Gasteiger partial charge in [-0.2, -0.15) is 8.42 Å². The summed E-state index contributed by atoms with van der Waals surface area (Å²) in [5, 5.41) is 20.0. The standard InChI is InChI=1S/C17H16N2O6S/c20-15-9-13(19-10-16(21)18-26(19,24)25)8-12-7-11(5-6-14(12)15)3-1-2-4-17(22)23/h1,3,5-9,20H,2,4,10H2,(H,18,21)(H,22,23)/b3-1+. The Kier molecular flexibility index (Phi) is 4.56. The molecule has 136 valence electrons. The number of nitrogens with zero attached hydrogens (tertiary/aromatic N) is 1. The lowest BCUT2D eigenvalue weighted by atomic mass is 10.0. The second kappa shape index (κ2) is 6.68. The molecule has 2 aromatic carbocycles. The summed E-state index contributed by atoms with van der Waals surface area (Å²) in [4.78, 5) is 21.9. The minimum absolute atomic E-state index is 0.0306. The van der Waals surface area contributed by atoms with E-state index in [4.69, 9.17) is 5.11 Å². The van der Waals surface area contributed by atoms with E-state index in [1.165, 1.54) is 6.07 Å². The number of phenols is 1. The Hall–Kier alpha value is -3.07. The number of aliphatic carboxylic acids is 1. The Bertz CT molecular complexity index is 1030. The number of allylic oxidation sites excluding steroid dienone is 1. The topological polar surface area (TPSA) is 124 Å². The van der Waals surface area contributed by atoms with Gasteiger partial charge in [0.2, 0.25) is 0 Å². The number of aromatic hydroxyl groups is 1. The minimum atomic E-state index is -3.96. The first-order valence-corrected chi connectivity index (χ1v) is 9.19. The average Bonchev–Trinajstić information content (AvgIpc) is 2.83. The van der Waals surface area contributed by atoms with Gasteiger partial charge in [-0.3, -0.25) is 9.59 Å². The normalized spacial score (nSPS) is 16.3. The Morgan fingerprint density at radius 3 is 2.69 bits per heavy atom. The van der Waals surface area contributed by atoms with Crippen LogP contribution in [0.5, 0.6) is 5.75 Å². The number of carboxylic acid groups (broad SMARTS) is 1. The molecule has 26 heavy (non-hydrogen) atoms. The van der Waals surface area contributed by atoms with E-state index in [-0.39, 0.29) is 24.4 Å². The zero-order chi connectivity index (χ0) is 18.9. The lowest BCUT2D eigenvalue weighted by Crippen LogP contribution is -2.29. The molecule has 9 heteroatoms. The van der Waals surface area contributed by atoms with Gasteiger partial charge in [0.1, 0.15) is 12.3 Å². The number of amides is 1. The number of anilines is 1. The molecule has 0 unspecified atom stereocenters. The van der Waals surface area contributed by atoms with Crippen molar-refractivity contribution >= 4 is 44.6 Å². The molecule has 1 heterocycles. The van der Waals surface area contributed by atoms with Crippen LogP contribution >= 0.6 is 0 Å². The van der Waals surface area contributed by atoms with Crippen molar-refractivity contribution in [2.24, 2.45) is 0 Å². The third-order valence-corrected chi connectivity index (χ3v) is 5.29. The van der Waals surface area contributed by atoms with Gasteiger partial charge < -0.3 is 10.2 Å². The van der Waals surface area contributed by atoms with Crippen molar-refractivity contribution < 1.29 is 28.2 Å². The fraction of sp³-hybridized carbons (Fsp3) is 0.176. The summed E-state index contributed by atoms with van der Waals surface area (Å²) >= 11 is 0. The summed E-state index contributed by atoms with van der Waals surface area (Å²) in [6.45, 7) is -0.345. The van der Waals surface area contributed by atoms with Gasteiger partial charge in [-0.05, 0) is 29.5 Å². The zero-order valence-electron chi connectivity index (χ0n) is 13.5. The molecule has 3 N–H and O–H groups in total. The second-order valence-corrected chi connectivity index (χ2v) is 7.41. The fourth-order valence-corrected chi connectivity index (χ4v) is 3.84. The Labute approximate surface area is 149 Å². The summed E-state index contributed by atoms with van der Waals surface area (Å²) < 4.78 is 26.7. The third kappa shape index (κ3) is 3.62. The molecule has 0 bridgehead atoms. The molecule has 0 atom stereocenters. The molecule has 0 aliphatic carbocycles. The first kappa shape index (κ1) is 17.7. The average molecular weight is 376 g/mol. The molecule has 2 aromatic rings. The highest BCUT2D eigenvalue weighted by molar-refractivity contribution is 7.92. The smallest absolute Gasteiger partial charge is 0.326 e. The number of nitrogens with one attached hydrogen (secondary N) is 1. The van der Waals surface area contributed by atoms with Gasteiger partial charge in [-0.15, -0.1) is 0 Å². The number of hydrogen-bond donors (Lipinski definition) is 3. The first-order chi connectivity index (χ1) is 12.3. The molecule has 1 aliphatic heterocycles. The van der Waals surface area contributed by atoms with E-state index in [9.17, 15) is 23.1 Å². The Morgan fingerprint density at radius 2 is 2.04 bits per heavy atom. The SMILES string of the molecule is O=C(O)CC/C=C/c1ccc2c(O)cc(N3CC(=O)NS3(=O)=O)cc2c1. The Morgan fingerprint density at radius 1 is 1.27 bits per heavy atom. The van der Waals surface area contributed by atoms with E-state index in [0.717, 1.165) is 9.87 Å². The van der Waals surface area contributed by atoms with E-state index in [1.807, 2.05) is 4.72 Å². The van der Waals surface area contributed by atoms with Crippen molar-refractivity contribution in [2.75, 3.05) is 10.8 Å². The molecule has 0 aromatic heterocycles. The number of carboxylic acids is 1. The number of hydrogen-bond acceptors (Lipinski definition) is 5. The molecule has 0 radical (unpaired) electrons. The van der Waals surface area contributed by atoms with Crippen molar-refractivity contribution in [1.29, 1.82) is 0 Å². The summed E-state index contributed by atoms with van der Waals surface area (Å²) in [7, 11) is -3.96. The highest BCUT2D eigenvalue weighted by Crippen LogP contribution is 2.33. The van der Waals surface area contributed by atoms with Crippen molar-refractivity contribution in [3.05, 3.63) is 42.0 Å². The summed E-state index contributed by atoms with van der Waals surface area (Å²) in [5.41, 5.74) is 0.957. The molecule has 1 amide bonds. The van der Waals surface area contributed by atoms with Gasteiger partial charge in [-0.1, -0.05) is 24.3 Å². The van der Waals surface area contributed by atoms with Crippen LogP contribution in [0.4, 0.5) is 5.69 Å². The lowest BCUT2D eigenvalue weighted by Gasteiger charge is -2.16. The van der Waals surface area contributed by atoms with Crippen LogP contribution in [0.1, 0.15) is 18.4 Å². The maximum absolute atomic E-state index is 12.0. The quantitative estimate of drug-likeness (QED) is 0.728. The summed E-state index contributed by atoms with van der Waals surface area (Å²) in [6, 6.07) is 8.06. The van der Waals surface area contributed by atoms with Crippen LogP contribution in [0.3, 0.4) is 0 Å². The fourth-order valence-electron chi connectivity index (χ4n) is 2.70. The van der Waals surface area contributed by atoms with E-state index < -0.39 is 22.1 Å². The van der Waals surface area contributed by atoms with Gasteiger partial charge in [0.05, 0.1) is 5.69 Å². The van der Waals surface area contributed by atoms with Crippen molar-refractivity contribution in [3.8, 4) is 5.75 Å². The van der Waals surface area contributed by atoms with Gasteiger partial charge >= 0.3 is 16.2 Å². The molecule has 0 spiro atoms. The van der Waals surface area contributed by atoms with Crippen LogP contribution in [0.15, 0.2) is 36.4 Å². The molecular weight excluding hydrogens is 360 g/mol. The zero-order valence-corrected chi connectivity index (χ0v) is 14.4. The molecule has 1 saturated heterocycles. The first-order valence-electron chi connectivity index (χ1n) is 7.75. The number of rotatable bonds is 5. The molecule has 0 saturated carbocycles. The van der Waals surface area contributed by atoms with Gasteiger partial charge in [0.15, 0.2) is 0 Å². The maximum Gasteiger partial charge on any atom is 0.326 e. The van der Waals surface area contributed by atoms with Crippen molar-refractivity contribution in [2.45, 2.75) is 12.8 Å². The van der Waals surface area contributed by atoms with E-state index >= 15 is 0 Å². The van der Waals surface area contributed by atoms with Crippen molar-refractivity contribution in [1.82, 2.24) is 4.72 Å². The van der Waals surface area contributed by atoms with Crippen LogP contribution in [0.2, 0.25) is 0 Å². The number of carbonyl (C=O) groups excluding carboxylic acids is 1. The Balaban J connectivity index is 1.96. The highest BCUT2D eigenvalue weighted by atomic mass is 32.2. The molecule has 8 nitrogen and oxygen atoms in total. The van der Waals surface area contributed by atoms with E-state index in [1.54, 1.807) is 36.4 Å². The predicted octanol–water partition coefficient (Wildman–Crippen LogP) is 1.60. The third-order valence-electron chi connectivity index (χ3n) is 3.88.